The van der Waals surface area contributed by atoms with Gasteiger partial charge in [-0.05, 0) is 141 Å². The summed E-state index contributed by atoms with van der Waals surface area (Å²) in [7, 11) is 0. The standard InChI is InChI=1S/C92H82BN5/c1-89(2,3)67-45-65(46-68(51-67)90(4,5)6)63-41-43-78-82(49-63)97(87-74(59-29-17-13-18-30-59)55-94-56-75(87)60-31-19-14-20-32-60)84-53-71(96-80-39-27-25-37-72(80)73-38-26-28-40-81(73)96)54-85-86(84)93(78)79-44-42-64(66-47-69(91(7,8)9)52-70(48-66)92(10,11)12)50-83(79)98(85)88-76(61-33-21-15-22-34-61)57-95-58-77(88)62-35-23-16-24-36-62/h13-58H,1-12H3. The van der Waals surface area contributed by atoms with Gasteiger partial charge in [0.1, 0.15) is 0 Å². The lowest BCUT2D eigenvalue weighted by molar-refractivity contribution is 0.568. The summed E-state index contributed by atoms with van der Waals surface area (Å²) in [5.74, 6) is 0. The van der Waals surface area contributed by atoms with Gasteiger partial charge in [0, 0.05) is 80.6 Å². The van der Waals surface area contributed by atoms with Crippen molar-refractivity contribution in [3.05, 3.63) is 302 Å². The van der Waals surface area contributed by atoms with Crippen molar-refractivity contribution in [2.45, 2.75) is 105 Å². The van der Waals surface area contributed by atoms with Crippen molar-refractivity contribution in [2.24, 2.45) is 0 Å². The second-order valence-corrected chi connectivity index (χ2v) is 31.1. The third-order valence-electron chi connectivity index (χ3n) is 20.5. The van der Waals surface area contributed by atoms with Crippen molar-refractivity contribution >= 4 is 79.0 Å². The highest BCUT2D eigenvalue weighted by Crippen LogP contribution is 2.54. The highest BCUT2D eigenvalue weighted by molar-refractivity contribution is 7.00. The molecule has 3 aromatic heterocycles. The number of rotatable bonds is 9. The van der Waals surface area contributed by atoms with Gasteiger partial charge >= 0.3 is 0 Å². The smallest absolute Gasteiger partial charge is 0.252 e. The van der Waals surface area contributed by atoms with Crippen LogP contribution in [-0.4, -0.2) is 21.2 Å². The molecular formula is C92H82BN5. The van der Waals surface area contributed by atoms with Crippen LogP contribution in [-0.2, 0) is 21.7 Å². The lowest BCUT2D eigenvalue weighted by Crippen LogP contribution is -2.61. The molecule has 11 aromatic carbocycles. The Morgan fingerprint density at radius 1 is 0.276 bits per heavy atom. The van der Waals surface area contributed by atoms with Gasteiger partial charge in [0.25, 0.3) is 6.71 Å². The summed E-state index contributed by atoms with van der Waals surface area (Å²) >= 11 is 0. The van der Waals surface area contributed by atoms with Gasteiger partial charge in [-0.25, -0.2) is 0 Å². The minimum absolute atomic E-state index is 0.102. The average molecular weight is 1270 g/mol. The van der Waals surface area contributed by atoms with Crippen LogP contribution in [0.25, 0.3) is 94.3 Å². The second-order valence-electron chi connectivity index (χ2n) is 31.1. The van der Waals surface area contributed by atoms with Crippen LogP contribution in [0, 0.1) is 0 Å². The maximum Gasteiger partial charge on any atom is 0.252 e. The molecule has 0 unspecified atom stereocenters. The fourth-order valence-electron chi connectivity index (χ4n) is 15.2. The Morgan fingerprint density at radius 3 is 0.898 bits per heavy atom. The van der Waals surface area contributed by atoms with E-state index >= 15 is 0 Å². The van der Waals surface area contributed by atoms with Gasteiger partial charge < -0.3 is 14.4 Å². The Kier molecular flexibility index (Phi) is 14.9. The molecule has 0 spiro atoms. The first kappa shape index (κ1) is 62.0. The quantitative estimate of drug-likeness (QED) is 0.135. The SMILES string of the molecule is CC(C)(C)c1cc(-c2ccc3c(c2)N(c2c(-c4ccccc4)cncc2-c2ccccc2)c2cc(-n4c5ccccc5c5ccccc54)cc4c2B3c2ccc(-c3cc(C(C)(C)C)cc(C(C)(C)C)c3)cc2N4c2c(-c3ccccc3)cncc2-c2ccccc2)cc(C(C)(C)C)c1. The average Bonchev–Trinajstić information content (AvgIpc) is 0.773. The Morgan fingerprint density at radius 2 is 0.582 bits per heavy atom. The van der Waals surface area contributed by atoms with E-state index in [0.717, 1.165) is 106 Å². The van der Waals surface area contributed by atoms with E-state index in [1.165, 1.54) is 60.5 Å². The van der Waals surface area contributed by atoms with E-state index in [2.05, 4.69) is 377 Å². The monoisotopic (exact) mass is 1270 g/mol. The molecular weight excluding hydrogens is 1190 g/mol. The largest absolute Gasteiger partial charge is 0.310 e. The fourth-order valence-corrected chi connectivity index (χ4v) is 15.2. The number of aromatic nitrogens is 3. The van der Waals surface area contributed by atoms with E-state index < -0.39 is 0 Å². The number of nitrogens with zero attached hydrogens (tertiary/aromatic N) is 5. The van der Waals surface area contributed by atoms with Crippen LogP contribution in [0.5, 0.6) is 0 Å². The molecule has 5 nitrogen and oxygen atoms in total. The molecule has 98 heavy (non-hydrogen) atoms. The van der Waals surface area contributed by atoms with E-state index in [4.69, 9.17) is 9.97 Å². The Labute approximate surface area is 578 Å². The van der Waals surface area contributed by atoms with Crippen LogP contribution in [0.3, 0.4) is 0 Å². The molecule has 0 saturated carbocycles. The summed E-state index contributed by atoms with van der Waals surface area (Å²) in [5, 5.41) is 2.40. The van der Waals surface area contributed by atoms with Crippen molar-refractivity contribution in [3.8, 4) is 72.4 Å². The summed E-state index contributed by atoms with van der Waals surface area (Å²) in [6, 6.07) is 96.1. The van der Waals surface area contributed by atoms with E-state index in [1.807, 2.05) is 0 Å². The molecule has 16 rings (SSSR count). The van der Waals surface area contributed by atoms with Crippen molar-refractivity contribution in [2.75, 3.05) is 9.80 Å². The Balaban J connectivity index is 1.11. The zero-order valence-corrected chi connectivity index (χ0v) is 58.4. The van der Waals surface area contributed by atoms with Gasteiger partial charge in [-0.2, -0.15) is 0 Å². The van der Waals surface area contributed by atoms with Crippen LogP contribution < -0.4 is 26.2 Å². The molecule has 478 valence electrons. The van der Waals surface area contributed by atoms with Gasteiger partial charge in [-0.15, -0.1) is 0 Å². The molecule has 2 aliphatic heterocycles. The van der Waals surface area contributed by atoms with Gasteiger partial charge in [0.2, 0.25) is 0 Å². The molecule has 0 saturated heterocycles. The normalized spacial score (nSPS) is 13.0. The highest BCUT2D eigenvalue weighted by atomic mass is 15.2. The third kappa shape index (κ3) is 10.7. The van der Waals surface area contributed by atoms with Gasteiger partial charge in [0.15, 0.2) is 0 Å². The predicted octanol–water partition coefficient (Wildman–Crippen LogP) is 22.8. The van der Waals surface area contributed by atoms with Gasteiger partial charge in [0.05, 0.1) is 28.1 Å². The summed E-state index contributed by atoms with van der Waals surface area (Å²) in [6.45, 7) is 27.8. The van der Waals surface area contributed by atoms with Crippen molar-refractivity contribution in [3.63, 3.8) is 0 Å². The number of para-hydroxylation sites is 2. The number of pyridine rings is 2. The van der Waals surface area contributed by atoms with Crippen molar-refractivity contribution < 1.29 is 0 Å². The maximum atomic E-state index is 5.21. The minimum atomic E-state index is -0.255. The number of anilines is 6. The van der Waals surface area contributed by atoms with Gasteiger partial charge in [-0.3, -0.25) is 9.97 Å². The van der Waals surface area contributed by atoms with Gasteiger partial charge in [-0.1, -0.05) is 301 Å². The maximum absolute atomic E-state index is 5.21. The summed E-state index contributed by atoms with van der Waals surface area (Å²) in [4.78, 5) is 15.7. The lowest BCUT2D eigenvalue weighted by atomic mass is 9.33. The predicted molar refractivity (Wildman–Crippen MR) is 418 cm³/mol. The second kappa shape index (κ2) is 23.5. The van der Waals surface area contributed by atoms with Crippen molar-refractivity contribution in [1.29, 1.82) is 0 Å². The zero-order chi connectivity index (χ0) is 67.6. The molecule has 0 aliphatic carbocycles. The molecule has 0 amide bonds. The highest BCUT2D eigenvalue weighted by Gasteiger charge is 2.46. The topological polar surface area (TPSA) is 37.2 Å². The Hall–Kier alpha value is -10.8. The van der Waals surface area contributed by atoms with E-state index in [9.17, 15) is 0 Å². The first-order valence-electron chi connectivity index (χ1n) is 34.7. The molecule has 5 heterocycles. The number of fused-ring (bicyclic) bond motifs is 7. The van der Waals surface area contributed by atoms with Crippen LogP contribution in [0.2, 0.25) is 0 Å². The zero-order valence-electron chi connectivity index (χ0n) is 58.4. The van der Waals surface area contributed by atoms with Crippen LogP contribution >= 0.6 is 0 Å². The molecule has 14 aromatic rings. The lowest BCUT2D eigenvalue weighted by Gasteiger charge is -2.46. The number of hydrogen-bond acceptors (Lipinski definition) is 4. The number of benzene rings is 11. The molecule has 0 bridgehead atoms. The summed E-state index contributed by atoms with van der Waals surface area (Å²) in [5.41, 5.74) is 31.4. The minimum Gasteiger partial charge on any atom is -0.310 e. The molecule has 0 fully saturated rings. The fraction of sp³-hybridized carbons (Fsp3) is 0.174. The number of hydrogen-bond donors (Lipinski definition) is 0. The molecule has 6 heteroatoms. The third-order valence-corrected chi connectivity index (χ3v) is 20.5. The van der Waals surface area contributed by atoms with E-state index in [0.29, 0.717) is 0 Å². The van der Waals surface area contributed by atoms with Crippen LogP contribution in [0.4, 0.5) is 34.1 Å². The molecule has 0 N–H and O–H groups in total. The Bertz CT molecular complexity index is 4920. The van der Waals surface area contributed by atoms with E-state index in [-0.39, 0.29) is 28.4 Å². The van der Waals surface area contributed by atoms with Crippen molar-refractivity contribution in [1.82, 2.24) is 14.5 Å². The van der Waals surface area contributed by atoms with Crippen LogP contribution in [0.1, 0.15) is 105 Å². The van der Waals surface area contributed by atoms with E-state index in [1.54, 1.807) is 0 Å². The first-order valence-corrected chi connectivity index (χ1v) is 34.7. The molecule has 2 aliphatic rings. The molecule has 0 radical (unpaired) electrons. The first-order chi connectivity index (χ1) is 47.2. The summed E-state index contributed by atoms with van der Waals surface area (Å²) in [6.07, 6.45) is 8.37. The van der Waals surface area contributed by atoms with Crippen LogP contribution in [0.15, 0.2) is 280 Å². The molecule has 0 atom stereocenters. The summed E-state index contributed by atoms with van der Waals surface area (Å²) < 4.78 is 2.52.